The lowest BCUT2D eigenvalue weighted by atomic mass is 9.77. The molecule has 3 aliphatic rings. The molecule has 5 heteroatoms. The molecular weight excluding hydrogens is 290 g/mol. The van der Waals surface area contributed by atoms with Crippen molar-refractivity contribution in [3.8, 4) is 0 Å². The van der Waals surface area contributed by atoms with Crippen LogP contribution in [0.5, 0.6) is 0 Å². The molecule has 2 N–H and O–H groups in total. The van der Waals surface area contributed by atoms with Crippen LogP contribution >= 0.6 is 0 Å². The molecule has 2 amide bonds. The van der Waals surface area contributed by atoms with Gasteiger partial charge in [-0.05, 0) is 44.6 Å². The van der Waals surface area contributed by atoms with Crippen molar-refractivity contribution >= 4 is 11.8 Å². The highest BCUT2D eigenvalue weighted by molar-refractivity contribution is 5.88. The van der Waals surface area contributed by atoms with Gasteiger partial charge in [0, 0.05) is 37.5 Å². The Bertz CT molecular complexity index is 434. The zero-order chi connectivity index (χ0) is 16.2. The first kappa shape index (κ1) is 16.7. The summed E-state index contributed by atoms with van der Waals surface area (Å²) in [6.07, 6.45) is 7.22. The minimum atomic E-state index is -0.119. The van der Waals surface area contributed by atoms with E-state index in [9.17, 15) is 9.59 Å². The van der Waals surface area contributed by atoms with E-state index in [4.69, 9.17) is 0 Å². The van der Waals surface area contributed by atoms with Crippen LogP contribution in [0.3, 0.4) is 0 Å². The average molecular weight is 321 g/mol. The third-order valence-electron chi connectivity index (χ3n) is 5.99. The molecule has 130 valence electrons. The third kappa shape index (κ3) is 3.87. The van der Waals surface area contributed by atoms with Crippen molar-refractivity contribution in [2.75, 3.05) is 26.2 Å². The maximum absolute atomic E-state index is 12.8. The van der Waals surface area contributed by atoms with Gasteiger partial charge in [-0.2, -0.15) is 0 Å². The Morgan fingerprint density at radius 3 is 2.39 bits per heavy atom. The second-order valence-corrected chi connectivity index (χ2v) is 7.62. The molecule has 0 aromatic rings. The molecule has 1 saturated carbocycles. The molecule has 0 spiro atoms. The Morgan fingerprint density at radius 1 is 1.00 bits per heavy atom. The van der Waals surface area contributed by atoms with Gasteiger partial charge in [0.1, 0.15) is 0 Å². The van der Waals surface area contributed by atoms with Crippen molar-refractivity contribution in [3.63, 3.8) is 0 Å². The normalized spacial score (nSPS) is 35.1. The molecule has 1 aliphatic carbocycles. The Kier molecular flexibility index (Phi) is 5.57. The van der Waals surface area contributed by atoms with Crippen LogP contribution in [0.2, 0.25) is 0 Å². The predicted octanol–water partition coefficient (Wildman–Crippen LogP) is 1.53. The molecule has 0 bridgehead atoms. The van der Waals surface area contributed by atoms with Crippen LogP contribution in [0.25, 0.3) is 0 Å². The largest absolute Gasteiger partial charge is 0.352 e. The van der Waals surface area contributed by atoms with Gasteiger partial charge in [0.05, 0.1) is 0 Å². The molecule has 5 nitrogen and oxygen atoms in total. The second kappa shape index (κ2) is 7.65. The predicted molar refractivity (Wildman–Crippen MR) is 89.8 cm³/mol. The first-order valence-corrected chi connectivity index (χ1v) is 9.46. The van der Waals surface area contributed by atoms with Crippen LogP contribution in [0.15, 0.2) is 0 Å². The fraction of sp³-hybridized carbons (Fsp3) is 0.889. The molecule has 0 aromatic heterocycles. The summed E-state index contributed by atoms with van der Waals surface area (Å²) in [6.45, 7) is 5.86. The number of carbonyl (C=O) groups is 2. The quantitative estimate of drug-likeness (QED) is 0.829. The van der Waals surface area contributed by atoms with Crippen molar-refractivity contribution < 1.29 is 9.59 Å². The van der Waals surface area contributed by atoms with Crippen LogP contribution in [0, 0.1) is 17.8 Å². The van der Waals surface area contributed by atoms with E-state index in [1.54, 1.807) is 0 Å². The first-order chi connectivity index (χ1) is 11.2. The van der Waals surface area contributed by atoms with Gasteiger partial charge in [-0.25, -0.2) is 0 Å². The second-order valence-electron chi connectivity index (χ2n) is 7.62. The van der Waals surface area contributed by atoms with E-state index >= 15 is 0 Å². The lowest BCUT2D eigenvalue weighted by Crippen LogP contribution is -2.53. The number of hydrogen-bond donors (Lipinski definition) is 2. The van der Waals surface area contributed by atoms with E-state index in [2.05, 4.69) is 17.6 Å². The van der Waals surface area contributed by atoms with Crippen molar-refractivity contribution in [1.82, 2.24) is 15.5 Å². The molecule has 23 heavy (non-hydrogen) atoms. The Hall–Kier alpha value is -1.10. The molecule has 2 saturated heterocycles. The van der Waals surface area contributed by atoms with Crippen molar-refractivity contribution in [2.24, 2.45) is 17.8 Å². The van der Waals surface area contributed by atoms with E-state index in [-0.39, 0.29) is 29.7 Å². The molecule has 3 rings (SSSR count). The Labute approximate surface area is 139 Å². The minimum absolute atomic E-state index is 0.0892. The summed E-state index contributed by atoms with van der Waals surface area (Å²) in [4.78, 5) is 27.6. The molecule has 2 aliphatic heterocycles. The average Bonchev–Trinajstić information content (AvgIpc) is 3.11. The summed E-state index contributed by atoms with van der Waals surface area (Å²) >= 11 is 0. The zero-order valence-corrected chi connectivity index (χ0v) is 14.4. The summed E-state index contributed by atoms with van der Waals surface area (Å²) in [5, 5.41) is 6.60. The van der Waals surface area contributed by atoms with E-state index in [0.717, 1.165) is 71.1 Å². The van der Waals surface area contributed by atoms with Gasteiger partial charge in [-0.3, -0.25) is 9.59 Å². The fourth-order valence-electron chi connectivity index (χ4n) is 4.39. The molecule has 2 heterocycles. The Balaban J connectivity index is 1.62. The smallest absolute Gasteiger partial charge is 0.226 e. The van der Waals surface area contributed by atoms with E-state index in [1.807, 2.05) is 4.90 Å². The maximum Gasteiger partial charge on any atom is 0.226 e. The van der Waals surface area contributed by atoms with E-state index in [0.29, 0.717) is 5.92 Å². The van der Waals surface area contributed by atoms with Crippen LogP contribution in [-0.4, -0.2) is 48.9 Å². The molecule has 3 fully saturated rings. The minimum Gasteiger partial charge on any atom is -0.352 e. The standard InChI is InChI=1S/C18H31N3O2/c1-13-8-9-19-12-16(13)20-17(22)14-6-2-3-7-15(14)18(23)21-10-4-5-11-21/h13-16,19H,2-12H2,1H3,(H,20,22). The van der Waals surface area contributed by atoms with Crippen molar-refractivity contribution in [3.05, 3.63) is 0 Å². The fourth-order valence-corrected chi connectivity index (χ4v) is 4.39. The lowest BCUT2D eigenvalue weighted by Gasteiger charge is -2.35. The summed E-state index contributed by atoms with van der Waals surface area (Å²) in [5.41, 5.74) is 0. The summed E-state index contributed by atoms with van der Waals surface area (Å²) in [5.74, 6) is 0.649. The van der Waals surface area contributed by atoms with E-state index < -0.39 is 0 Å². The third-order valence-corrected chi connectivity index (χ3v) is 5.99. The van der Waals surface area contributed by atoms with Crippen molar-refractivity contribution in [1.29, 1.82) is 0 Å². The summed E-state index contributed by atoms with van der Waals surface area (Å²) < 4.78 is 0. The number of nitrogens with zero attached hydrogens (tertiary/aromatic N) is 1. The highest BCUT2D eigenvalue weighted by Gasteiger charge is 2.39. The van der Waals surface area contributed by atoms with Crippen molar-refractivity contribution in [2.45, 2.75) is 57.9 Å². The molecular formula is C18H31N3O2. The summed E-state index contributed by atoms with van der Waals surface area (Å²) in [6, 6.07) is 0.209. The van der Waals surface area contributed by atoms with Crippen LogP contribution in [0.1, 0.15) is 51.9 Å². The van der Waals surface area contributed by atoms with Gasteiger partial charge in [-0.15, -0.1) is 0 Å². The highest BCUT2D eigenvalue weighted by atomic mass is 16.2. The van der Waals surface area contributed by atoms with E-state index in [1.165, 1.54) is 0 Å². The number of amides is 2. The first-order valence-electron chi connectivity index (χ1n) is 9.46. The van der Waals surface area contributed by atoms with Crippen LogP contribution < -0.4 is 10.6 Å². The summed E-state index contributed by atoms with van der Waals surface area (Å²) in [7, 11) is 0. The zero-order valence-electron chi connectivity index (χ0n) is 14.4. The van der Waals surface area contributed by atoms with Crippen LogP contribution in [0.4, 0.5) is 0 Å². The van der Waals surface area contributed by atoms with Gasteiger partial charge in [0.2, 0.25) is 11.8 Å². The number of rotatable bonds is 3. The number of nitrogens with one attached hydrogen (secondary N) is 2. The van der Waals surface area contributed by atoms with Gasteiger partial charge in [-0.1, -0.05) is 19.8 Å². The van der Waals surface area contributed by atoms with Crippen LogP contribution in [-0.2, 0) is 9.59 Å². The number of hydrogen-bond acceptors (Lipinski definition) is 3. The number of likely N-dealkylation sites (tertiary alicyclic amines) is 1. The molecule has 4 atom stereocenters. The monoisotopic (exact) mass is 321 g/mol. The number of carbonyl (C=O) groups excluding carboxylic acids is 2. The topological polar surface area (TPSA) is 61.4 Å². The molecule has 4 unspecified atom stereocenters. The molecule has 0 radical (unpaired) electrons. The van der Waals surface area contributed by atoms with Gasteiger partial charge >= 0.3 is 0 Å². The maximum atomic E-state index is 12.8. The lowest BCUT2D eigenvalue weighted by molar-refractivity contribution is -0.143. The highest BCUT2D eigenvalue weighted by Crippen LogP contribution is 2.33. The van der Waals surface area contributed by atoms with Gasteiger partial charge in [0.15, 0.2) is 0 Å². The SMILES string of the molecule is CC1CCNCC1NC(=O)C1CCCCC1C(=O)N1CCCC1. The van der Waals surface area contributed by atoms with Gasteiger partial charge in [0.25, 0.3) is 0 Å². The number of piperidine rings is 1. The van der Waals surface area contributed by atoms with Gasteiger partial charge < -0.3 is 15.5 Å². The molecule has 0 aromatic carbocycles. The Morgan fingerprint density at radius 2 is 1.70 bits per heavy atom.